The molecule has 0 spiro atoms. The monoisotopic (exact) mass is 485 g/mol. The average Bonchev–Trinajstić information content (AvgIpc) is 3.00. The molecule has 0 bridgehead atoms. The Morgan fingerprint density at radius 2 is 1.85 bits per heavy atom. The summed E-state index contributed by atoms with van der Waals surface area (Å²) in [5.74, 6) is -2.76. The van der Waals surface area contributed by atoms with Crippen molar-refractivity contribution < 1.29 is 37.7 Å². The Morgan fingerprint density at radius 3 is 2.53 bits per heavy atom. The first-order valence-electron chi connectivity index (χ1n) is 11.5. The van der Waals surface area contributed by atoms with Gasteiger partial charge in [-0.15, -0.1) is 0 Å². The highest BCUT2D eigenvalue weighted by atomic mass is 19.2. The van der Waals surface area contributed by atoms with Crippen LogP contribution in [0.4, 0.5) is 13.6 Å². The van der Waals surface area contributed by atoms with Gasteiger partial charge < -0.3 is 29.1 Å². The van der Waals surface area contributed by atoms with E-state index in [-0.39, 0.29) is 50.1 Å². The van der Waals surface area contributed by atoms with Crippen LogP contribution in [0.3, 0.4) is 0 Å². The molecule has 0 aliphatic carbocycles. The molecule has 2 fully saturated rings. The molecule has 1 atom stereocenters. The molecule has 0 unspecified atom stereocenters. The summed E-state index contributed by atoms with van der Waals surface area (Å²) in [7, 11) is 1.42. The first-order valence-corrected chi connectivity index (χ1v) is 11.5. The zero-order valence-electron chi connectivity index (χ0n) is 19.7. The first-order chi connectivity index (χ1) is 16.3. The number of hydrogen-bond donors (Lipinski definition) is 1. The third-order valence-electron chi connectivity index (χ3n) is 6.18. The quantitative estimate of drug-likeness (QED) is 0.626. The normalized spacial score (nSPS) is 22.4. The van der Waals surface area contributed by atoms with Crippen LogP contribution in [0, 0.1) is 11.6 Å². The molecule has 9 nitrogen and oxygen atoms in total. The first kappa shape index (κ1) is 26.1. The van der Waals surface area contributed by atoms with Crippen LogP contribution in [-0.2, 0) is 14.3 Å². The summed E-state index contributed by atoms with van der Waals surface area (Å²) >= 11 is 0. The van der Waals surface area contributed by atoms with Crippen LogP contribution in [0.5, 0.6) is 5.75 Å². The Morgan fingerprint density at radius 1 is 1.12 bits per heavy atom. The Balaban J connectivity index is 1.71. The van der Waals surface area contributed by atoms with Crippen LogP contribution in [0.25, 0.3) is 0 Å². The molecule has 2 heterocycles. The number of hydrogen-bond acceptors (Lipinski definition) is 7. The molecule has 3 rings (SSSR count). The number of aliphatic hydroxyl groups is 1. The maximum atomic E-state index is 14.1. The molecule has 1 N–H and O–H groups in total. The number of ether oxygens (including phenoxy) is 3. The van der Waals surface area contributed by atoms with Crippen LogP contribution in [-0.4, -0.2) is 110 Å². The highest BCUT2D eigenvalue weighted by Crippen LogP contribution is 2.25. The van der Waals surface area contributed by atoms with Crippen molar-refractivity contribution in [1.82, 2.24) is 14.7 Å². The number of rotatable bonds is 7. The van der Waals surface area contributed by atoms with Gasteiger partial charge in [-0.25, -0.2) is 9.18 Å². The summed E-state index contributed by atoms with van der Waals surface area (Å²) in [5.41, 5.74) is -1.53. The van der Waals surface area contributed by atoms with Crippen molar-refractivity contribution >= 4 is 12.0 Å². The van der Waals surface area contributed by atoms with Crippen molar-refractivity contribution in [2.45, 2.75) is 31.4 Å². The van der Waals surface area contributed by atoms with Crippen LogP contribution >= 0.6 is 0 Å². The minimum absolute atomic E-state index is 0.0374. The number of carbonyl (C=O) groups is 2. The van der Waals surface area contributed by atoms with Gasteiger partial charge in [-0.2, -0.15) is 4.39 Å². The standard InChI is InChI=1S/C23H33F2N3O6/c1-3-33-22(30)26-9-7-17(8-10-26)27-11-12-28(20(29)13-32-2)15-23(31,14-27)16-34-19-6-4-5-18(24)21(19)25/h4-6,17,31H,3,7-16H2,1-2H3/t23-/m0/s1. The molecule has 2 aliphatic rings. The van der Waals surface area contributed by atoms with Gasteiger partial charge in [-0.1, -0.05) is 6.07 Å². The summed E-state index contributed by atoms with van der Waals surface area (Å²) in [6.45, 7) is 3.68. The van der Waals surface area contributed by atoms with Crippen molar-refractivity contribution in [3.05, 3.63) is 29.8 Å². The molecular formula is C23H33F2N3O6. The van der Waals surface area contributed by atoms with Gasteiger partial charge in [0.25, 0.3) is 0 Å². The van der Waals surface area contributed by atoms with Gasteiger partial charge >= 0.3 is 6.09 Å². The van der Waals surface area contributed by atoms with E-state index in [0.717, 1.165) is 6.07 Å². The smallest absolute Gasteiger partial charge is 0.409 e. The van der Waals surface area contributed by atoms with Crippen molar-refractivity contribution in [3.8, 4) is 5.75 Å². The average molecular weight is 486 g/mol. The predicted molar refractivity (Wildman–Crippen MR) is 118 cm³/mol. The zero-order chi connectivity index (χ0) is 24.7. The van der Waals surface area contributed by atoms with Gasteiger partial charge in [-0.3, -0.25) is 9.69 Å². The number of halogens is 2. The number of piperidine rings is 1. The summed E-state index contributed by atoms with van der Waals surface area (Å²) in [6, 6.07) is 3.66. The molecule has 0 aromatic heterocycles. The number of nitrogens with zero attached hydrogens (tertiary/aromatic N) is 3. The van der Waals surface area contributed by atoms with Crippen LogP contribution in [0.1, 0.15) is 19.8 Å². The maximum absolute atomic E-state index is 14.1. The Kier molecular flexibility index (Phi) is 9.03. The summed E-state index contributed by atoms with van der Waals surface area (Å²) < 4.78 is 43.2. The van der Waals surface area contributed by atoms with Crippen molar-refractivity contribution in [1.29, 1.82) is 0 Å². The Bertz CT molecular complexity index is 852. The number of benzene rings is 1. The fourth-order valence-corrected chi connectivity index (χ4v) is 4.46. The van der Waals surface area contributed by atoms with E-state index in [0.29, 0.717) is 45.6 Å². The second-order valence-electron chi connectivity index (χ2n) is 8.70. The summed E-state index contributed by atoms with van der Waals surface area (Å²) in [5, 5.41) is 11.5. The second-order valence-corrected chi connectivity index (χ2v) is 8.70. The molecule has 0 saturated carbocycles. The lowest BCUT2D eigenvalue weighted by atomic mass is 9.99. The van der Waals surface area contributed by atoms with Gasteiger partial charge in [-0.05, 0) is 31.9 Å². The SMILES string of the molecule is CCOC(=O)N1CCC(N2CCN(C(=O)COC)C[C@](O)(COc3cccc(F)c3F)C2)CC1. The highest BCUT2D eigenvalue weighted by Gasteiger charge is 2.40. The van der Waals surface area contributed by atoms with E-state index in [1.807, 2.05) is 0 Å². The minimum atomic E-state index is -1.53. The molecule has 34 heavy (non-hydrogen) atoms. The predicted octanol–water partition coefficient (Wildman–Crippen LogP) is 1.49. The molecule has 11 heteroatoms. The van der Waals surface area contributed by atoms with Gasteiger partial charge in [0, 0.05) is 45.9 Å². The van der Waals surface area contributed by atoms with Crippen molar-refractivity contribution in [2.75, 3.05) is 66.2 Å². The van der Waals surface area contributed by atoms with Crippen LogP contribution in [0.15, 0.2) is 18.2 Å². The van der Waals surface area contributed by atoms with Gasteiger partial charge in [0.2, 0.25) is 11.7 Å². The molecular weight excluding hydrogens is 452 g/mol. The van der Waals surface area contributed by atoms with E-state index in [2.05, 4.69) is 4.90 Å². The fourth-order valence-electron chi connectivity index (χ4n) is 4.46. The minimum Gasteiger partial charge on any atom is -0.487 e. The third-order valence-corrected chi connectivity index (χ3v) is 6.18. The Hall–Kier alpha value is -2.50. The van der Waals surface area contributed by atoms with Crippen LogP contribution < -0.4 is 4.74 Å². The maximum Gasteiger partial charge on any atom is 0.409 e. The van der Waals surface area contributed by atoms with E-state index in [4.69, 9.17) is 14.2 Å². The van der Waals surface area contributed by atoms with E-state index >= 15 is 0 Å². The number of amides is 2. The molecule has 1 aromatic carbocycles. The fraction of sp³-hybridized carbons (Fsp3) is 0.652. The van der Waals surface area contributed by atoms with E-state index < -0.39 is 17.2 Å². The lowest BCUT2D eigenvalue weighted by Crippen LogP contribution is -2.55. The molecule has 190 valence electrons. The lowest BCUT2D eigenvalue weighted by molar-refractivity contribution is -0.138. The molecule has 1 aromatic rings. The van der Waals surface area contributed by atoms with E-state index in [1.54, 1.807) is 11.8 Å². The number of methoxy groups -OCH3 is 1. The number of likely N-dealkylation sites (tertiary alicyclic amines) is 1. The van der Waals surface area contributed by atoms with E-state index in [9.17, 15) is 23.5 Å². The highest BCUT2D eigenvalue weighted by molar-refractivity contribution is 5.77. The Labute approximate surface area is 198 Å². The summed E-state index contributed by atoms with van der Waals surface area (Å²) in [4.78, 5) is 29.8. The third kappa shape index (κ3) is 6.55. The molecule has 2 aliphatic heterocycles. The molecule has 2 amide bonds. The van der Waals surface area contributed by atoms with Gasteiger partial charge in [0.05, 0.1) is 13.2 Å². The largest absolute Gasteiger partial charge is 0.487 e. The zero-order valence-corrected chi connectivity index (χ0v) is 19.7. The van der Waals surface area contributed by atoms with Gasteiger partial charge in [0.15, 0.2) is 11.6 Å². The van der Waals surface area contributed by atoms with Crippen molar-refractivity contribution in [3.63, 3.8) is 0 Å². The number of β-amino-alcohol motifs (C(OH)–C–C–N with tert-alkyl or cyclic N) is 1. The van der Waals surface area contributed by atoms with E-state index in [1.165, 1.54) is 24.1 Å². The van der Waals surface area contributed by atoms with Gasteiger partial charge in [0.1, 0.15) is 18.8 Å². The van der Waals surface area contributed by atoms with Crippen LogP contribution in [0.2, 0.25) is 0 Å². The topological polar surface area (TPSA) is 91.8 Å². The second kappa shape index (κ2) is 11.8. The van der Waals surface area contributed by atoms with Crippen molar-refractivity contribution in [2.24, 2.45) is 0 Å². The summed E-state index contributed by atoms with van der Waals surface area (Å²) in [6.07, 6.45) is 1.02. The number of carbonyl (C=O) groups excluding carboxylic acids is 2. The lowest BCUT2D eigenvalue weighted by Gasteiger charge is -2.40. The molecule has 2 saturated heterocycles. The molecule has 0 radical (unpaired) electrons.